The quantitative estimate of drug-likeness (QED) is 0.474. The Hall–Kier alpha value is -2.41. The van der Waals surface area contributed by atoms with Crippen LogP contribution in [-0.2, 0) is 14.3 Å². The number of nitro groups is 1. The minimum atomic E-state index is -0.678. The molecular weight excluding hydrogens is 372 g/mol. The van der Waals surface area contributed by atoms with Crippen molar-refractivity contribution >= 4 is 29.2 Å². The third kappa shape index (κ3) is 4.30. The number of rotatable bonds is 4. The highest BCUT2D eigenvalue weighted by molar-refractivity contribution is 6.31. The number of nitrogens with one attached hydrogen (secondary N) is 1. The first-order chi connectivity index (χ1) is 12.9. The summed E-state index contributed by atoms with van der Waals surface area (Å²) in [4.78, 5) is 35.6. The van der Waals surface area contributed by atoms with Crippen LogP contribution in [-0.4, -0.2) is 22.9 Å². The fourth-order valence-electron chi connectivity index (χ4n) is 3.75. The maximum Gasteiger partial charge on any atom is 0.336 e. The first-order valence-electron chi connectivity index (χ1n) is 9.02. The number of esters is 1. The van der Waals surface area contributed by atoms with Gasteiger partial charge in [0.05, 0.1) is 10.5 Å². The molecular formula is C19H21ClN2O5. The fraction of sp³-hybridized carbons (Fsp3) is 0.474. The summed E-state index contributed by atoms with van der Waals surface area (Å²) >= 11 is 6.26. The van der Waals surface area contributed by atoms with Gasteiger partial charge in [-0.2, -0.15) is 0 Å². The number of allylic oxidation sites excluding steroid dienone is 1. The zero-order valence-electron chi connectivity index (χ0n) is 15.0. The number of hydrogen-bond acceptors (Lipinski definition) is 5. The molecule has 8 heteroatoms. The molecule has 3 rings (SSSR count). The van der Waals surface area contributed by atoms with Crippen LogP contribution in [0.3, 0.4) is 0 Å². The second kappa shape index (κ2) is 8.08. The Bertz CT molecular complexity index is 814. The number of nitro benzene ring substituents is 1. The number of carbonyl (C=O) groups is 2. The maximum atomic E-state index is 12.9. The molecule has 1 heterocycles. The molecule has 0 spiro atoms. The molecule has 1 fully saturated rings. The molecule has 2 aliphatic rings. The largest absolute Gasteiger partial charge is 0.459 e. The van der Waals surface area contributed by atoms with E-state index in [0.717, 1.165) is 32.1 Å². The van der Waals surface area contributed by atoms with Crippen molar-refractivity contribution in [3.05, 3.63) is 50.2 Å². The van der Waals surface area contributed by atoms with E-state index in [1.807, 2.05) is 0 Å². The van der Waals surface area contributed by atoms with Gasteiger partial charge in [-0.1, -0.05) is 18.0 Å². The second-order valence-electron chi connectivity index (χ2n) is 6.97. The molecule has 1 amide bonds. The van der Waals surface area contributed by atoms with Crippen molar-refractivity contribution in [3.63, 3.8) is 0 Å². The van der Waals surface area contributed by atoms with Crippen molar-refractivity contribution in [2.75, 3.05) is 0 Å². The summed E-state index contributed by atoms with van der Waals surface area (Å²) in [7, 11) is 0. The maximum absolute atomic E-state index is 12.9. The normalized spacial score (nSPS) is 21.0. The van der Waals surface area contributed by atoms with Crippen molar-refractivity contribution in [2.45, 2.75) is 57.5 Å². The third-order valence-electron chi connectivity index (χ3n) is 5.08. The summed E-state index contributed by atoms with van der Waals surface area (Å²) in [5.41, 5.74) is 0.955. The molecule has 0 aromatic heterocycles. The van der Waals surface area contributed by atoms with Gasteiger partial charge in [-0.05, 0) is 44.2 Å². The van der Waals surface area contributed by atoms with Crippen LogP contribution in [0.1, 0.15) is 56.9 Å². The number of carbonyl (C=O) groups excluding carboxylic acids is 2. The number of ether oxygens (including phenoxy) is 1. The SMILES string of the molecule is CC1=C(C(=O)OC2CCCCC2)[C@H](c2cc([N+](=O)[O-])ccc2Cl)CC(=O)N1. The van der Waals surface area contributed by atoms with Gasteiger partial charge in [0.2, 0.25) is 5.91 Å². The zero-order chi connectivity index (χ0) is 19.6. The molecule has 7 nitrogen and oxygen atoms in total. The van der Waals surface area contributed by atoms with E-state index in [-0.39, 0.29) is 29.1 Å². The first-order valence-corrected chi connectivity index (χ1v) is 9.40. The van der Waals surface area contributed by atoms with Gasteiger partial charge in [-0.15, -0.1) is 0 Å². The van der Waals surface area contributed by atoms with Crippen molar-refractivity contribution in [1.29, 1.82) is 0 Å². The van der Waals surface area contributed by atoms with Gasteiger partial charge in [0.1, 0.15) is 6.10 Å². The van der Waals surface area contributed by atoms with E-state index in [1.54, 1.807) is 6.92 Å². The average Bonchev–Trinajstić information content (AvgIpc) is 2.62. The Morgan fingerprint density at radius 2 is 2.00 bits per heavy atom. The molecule has 1 saturated carbocycles. The van der Waals surface area contributed by atoms with Gasteiger partial charge in [-0.25, -0.2) is 4.79 Å². The van der Waals surface area contributed by atoms with E-state index in [4.69, 9.17) is 16.3 Å². The Morgan fingerprint density at radius 1 is 1.30 bits per heavy atom. The Kier molecular flexibility index (Phi) is 5.79. The molecule has 1 N–H and O–H groups in total. The summed E-state index contributed by atoms with van der Waals surface area (Å²) in [6, 6.07) is 4.04. The molecule has 1 aliphatic carbocycles. The van der Waals surface area contributed by atoms with Gasteiger partial charge in [0, 0.05) is 35.2 Å². The van der Waals surface area contributed by atoms with Crippen LogP contribution in [0.2, 0.25) is 5.02 Å². The van der Waals surface area contributed by atoms with Gasteiger partial charge >= 0.3 is 5.97 Å². The predicted octanol–water partition coefficient (Wildman–Crippen LogP) is 4.00. The number of benzene rings is 1. The fourth-order valence-corrected chi connectivity index (χ4v) is 4.00. The number of nitrogens with zero attached hydrogens (tertiary/aromatic N) is 1. The lowest BCUT2D eigenvalue weighted by atomic mass is 9.84. The predicted molar refractivity (Wildman–Crippen MR) is 99.3 cm³/mol. The van der Waals surface area contributed by atoms with Gasteiger partial charge < -0.3 is 10.1 Å². The van der Waals surface area contributed by atoms with E-state index in [2.05, 4.69) is 5.32 Å². The lowest BCUT2D eigenvalue weighted by molar-refractivity contribution is -0.384. The van der Waals surface area contributed by atoms with Crippen molar-refractivity contribution in [3.8, 4) is 0 Å². The Balaban J connectivity index is 1.95. The van der Waals surface area contributed by atoms with Crippen LogP contribution in [0.25, 0.3) is 0 Å². The molecule has 1 aliphatic heterocycles. The van der Waals surface area contributed by atoms with E-state index >= 15 is 0 Å². The topological polar surface area (TPSA) is 98.5 Å². The first kappa shape index (κ1) is 19.4. The summed E-state index contributed by atoms with van der Waals surface area (Å²) < 4.78 is 5.68. The number of amides is 1. The van der Waals surface area contributed by atoms with Crippen molar-refractivity contribution in [2.24, 2.45) is 0 Å². The van der Waals surface area contributed by atoms with Gasteiger partial charge in [0.15, 0.2) is 0 Å². The van der Waals surface area contributed by atoms with E-state index < -0.39 is 16.8 Å². The van der Waals surface area contributed by atoms with Crippen molar-refractivity contribution < 1.29 is 19.2 Å². The van der Waals surface area contributed by atoms with E-state index in [9.17, 15) is 19.7 Å². The van der Waals surface area contributed by atoms with Crippen LogP contribution in [0, 0.1) is 10.1 Å². The van der Waals surface area contributed by atoms with E-state index in [1.165, 1.54) is 18.2 Å². The highest BCUT2D eigenvalue weighted by Gasteiger charge is 2.35. The zero-order valence-corrected chi connectivity index (χ0v) is 15.8. The smallest absolute Gasteiger partial charge is 0.336 e. The summed E-state index contributed by atoms with van der Waals surface area (Å²) in [5, 5.41) is 14.1. The highest BCUT2D eigenvalue weighted by atomic mass is 35.5. The summed E-state index contributed by atoms with van der Waals surface area (Å²) in [5.74, 6) is -1.44. The standard InChI is InChI=1S/C19H21ClN2O5/c1-11-18(19(24)27-13-5-3-2-4-6-13)15(10-17(23)21-11)14-9-12(22(25)26)7-8-16(14)20/h7-9,13,15H,2-6,10H2,1H3,(H,21,23)/t15-/m0/s1. The Labute approximate surface area is 161 Å². The number of hydrogen-bond donors (Lipinski definition) is 1. The van der Waals surface area contributed by atoms with Gasteiger partial charge in [-0.3, -0.25) is 14.9 Å². The molecule has 1 atom stereocenters. The van der Waals surface area contributed by atoms with Crippen LogP contribution in [0.15, 0.2) is 29.5 Å². The lowest BCUT2D eigenvalue weighted by Crippen LogP contribution is -2.35. The summed E-state index contributed by atoms with van der Waals surface area (Å²) in [6.07, 6.45) is 4.68. The minimum absolute atomic E-state index is 0.0205. The second-order valence-corrected chi connectivity index (χ2v) is 7.38. The molecule has 0 unspecified atom stereocenters. The third-order valence-corrected chi connectivity index (χ3v) is 5.42. The molecule has 1 aromatic carbocycles. The molecule has 27 heavy (non-hydrogen) atoms. The number of halogens is 1. The molecule has 144 valence electrons. The van der Waals surface area contributed by atoms with Crippen LogP contribution < -0.4 is 5.32 Å². The molecule has 0 bridgehead atoms. The van der Waals surface area contributed by atoms with Crippen LogP contribution >= 0.6 is 11.6 Å². The minimum Gasteiger partial charge on any atom is -0.459 e. The van der Waals surface area contributed by atoms with Crippen molar-refractivity contribution in [1.82, 2.24) is 5.32 Å². The average molecular weight is 393 g/mol. The van der Waals surface area contributed by atoms with Crippen LogP contribution in [0.5, 0.6) is 0 Å². The molecule has 1 aromatic rings. The number of non-ortho nitro benzene ring substituents is 1. The summed E-state index contributed by atoms with van der Waals surface area (Å²) in [6.45, 7) is 1.63. The van der Waals surface area contributed by atoms with Crippen LogP contribution in [0.4, 0.5) is 5.69 Å². The lowest BCUT2D eigenvalue weighted by Gasteiger charge is -2.29. The highest BCUT2D eigenvalue weighted by Crippen LogP contribution is 2.39. The van der Waals surface area contributed by atoms with E-state index in [0.29, 0.717) is 16.8 Å². The molecule has 0 radical (unpaired) electrons. The Morgan fingerprint density at radius 3 is 2.67 bits per heavy atom. The monoisotopic (exact) mass is 392 g/mol. The molecule has 0 saturated heterocycles. The van der Waals surface area contributed by atoms with Gasteiger partial charge in [0.25, 0.3) is 5.69 Å².